The molecule has 0 bridgehead atoms. The molecule has 12 heterocycles. The van der Waals surface area contributed by atoms with Crippen molar-refractivity contribution < 1.29 is 390 Å². The third-order valence-electron chi connectivity index (χ3n) is 10.9. The molecule has 12 aromatic rings. The standard InChI is InChI=1S/8C5HF6N2.4C4H4N2.8Ag/c8*6-4(7,8)2-1-3(13-12-2)5(9,10)11;4*1-2-4-6-5-3-1;;;;;;;;/h8*1H;4*1-4H;;;;;;;;/q8*-1;;;;;8*+1. The Morgan fingerprint density at radius 1 is 0.125 bits per heavy atom. The van der Waals surface area contributed by atoms with Gasteiger partial charge in [0.2, 0.25) is 0 Å². The first-order valence-electron chi connectivity index (χ1n) is 29.7. The zero-order chi connectivity index (χ0) is 99.2. The first-order chi connectivity index (χ1) is 57.7. The second-order valence-electron chi connectivity index (χ2n) is 20.5. The van der Waals surface area contributed by atoms with Gasteiger partial charge in [-0.3, -0.25) is 0 Å². The van der Waals surface area contributed by atoms with Crippen LogP contribution in [0.5, 0.6) is 0 Å². The van der Waals surface area contributed by atoms with Crippen molar-refractivity contribution in [1.29, 1.82) is 0 Å². The van der Waals surface area contributed by atoms with Crippen molar-refractivity contribution in [3.63, 3.8) is 0 Å². The summed E-state index contributed by atoms with van der Waals surface area (Å²) in [7, 11) is 0. The maximum absolute atomic E-state index is 11.7. The molecular formula is C56H24Ag8F48N24. The molecule has 12 rings (SSSR count). The van der Waals surface area contributed by atoms with Crippen LogP contribution in [0.15, 0.2) is 147 Å². The molecule has 24 nitrogen and oxygen atoms in total. The Morgan fingerprint density at radius 2 is 0.199 bits per heavy atom. The van der Waals surface area contributed by atoms with Crippen LogP contribution in [0.1, 0.15) is 91.1 Å². The van der Waals surface area contributed by atoms with E-state index in [2.05, 4.69) is 122 Å². The molecule has 12 aromatic heterocycles. The first kappa shape index (κ1) is 144. The van der Waals surface area contributed by atoms with E-state index >= 15 is 0 Å². The summed E-state index contributed by atoms with van der Waals surface area (Å²) >= 11 is 0. The molecular weight excluding hydrogens is 2780 g/mol. The summed E-state index contributed by atoms with van der Waals surface area (Å²) in [5, 5.41) is 66.0. The van der Waals surface area contributed by atoms with Crippen LogP contribution in [0.2, 0.25) is 0 Å². The van der Waals surface area contributed by atoms with Crippen LogP contribution in [0.25, 0.3) is 0 Å². The second kappa shape index (κ2) is 60.0. The molecule has 80 heteroatoms. The molecule has 0 aromatic carbocycles. The Kier molecular flexibility index (Phi) is 63.5. The largest absolute Gasteiger partial charge is 1.00 e. The van der Waals surface area contributed by atoms with Crippen molar-refractivity contribution >= 4 is 0 Å². The fourth-order valence-corrected chi connectivity index (χ4v) is 5.59. The van der Waals surface area contributed by atoms with E-state index in [1.54, 1.807) is 49.6 Å². The van der Waals surface area contributed by atoms with Gasteiger partial charge >= 0.3 is 278 Å². The van der Waals surface area contributed by atoms with Crippen LogP contribution in [-0.2, 0) is 278 Å². The van der Waals surface area contributed by atoms with Gasteiger partial charge in [-0.25, -0.2) is 0 Å². The Balaban J connectivity index is -0.000000220. The smallest absolute Gasteiger partial charge is 0.571 e. The van der Waals surface area contributed by atoms with Crippen molar-refractivity contribution in [2.75, 3.05) is 0 Å². The van der Waals surface area contributed by atoms with E-state index < -0.39 is 190 Å². The average Bonchev–Trinajstić information content (AvgIpc) is 1.74. The SMILES string of the molecule is FC(F)(F)c1cc(C(F)(F)F)[n-]n1.FC(F)(F)c1cc(C(F)(F)F)[n-]n1.FC(F)(F)c1cc(C(F)(F)F)[n-]n1.FC(F)(F)c1cc(C(F)(F)F)[n-]n1.FC(F)(F)c1cc(C(F)(F)F)[n-]n1.FC(F)(F)c1cc(C(F)(F)F)[n-]n1.FC(F)(F)c1cc(C(F)(F)F)[n-]n1.FC(F)(F)c1cc(C(F)(F)F)[n-]n1.[Ag+].[Ag+].[Ag+].[Ag+].[Ag+].[Ag+].[Ag+].[Ag+].c1ccnnc1.c1ccnnc1.c1ccnnc1.c1ccnnc1. The number of hydrogen-bond acceptors (Lipinski definition) is 16. The summed E-state index contributed by atoms with van der Waals surface area (Å²) in [6, 6.07) is 13.5. The Labute approximate surface area is 842 Å². The van der Waals surface area contributed by atoms with Gasteiger partial charge < -0.3 is 81.6 Å². The van der Waals surface area contributed by atoms with E-state index in [1.165, 1.54) is 0 Å². The molecule has 0 unspecified atom stereocenters. The van der Waals surface area contributed by atoms with Crippen molar-refractivity contribution in [2.24, 2.45) is 0 Å². The van der Waals surface area contributed by atoms with Crippen molar-refractivity contribution in [1.82, 2.24) is 122 Å². The number of nitrogens with zero attached hydrogens (tertiary/aromatic N) is 24. The van der Waals surface area contributed by atoms with Gasteiger partial charge in [-0.2, -0.15) is 252 Å². The molecule has 0 spiro atoms. The minimum absolute atomic E-state index is 0. The summed E-state index contributed by atoms with van der Waals surface area (Å²) < 4.78 is 563. The van der Waals surface area contributed by atoms with Crippen LogP contribution in [-0.4, -0.2) is 81.6 Å². The minimum atomic E-state index is -4.89. The van der Waals surface area contributed by atoms with E-state index in [1.807, 2.05) is 48.5 Å². The number of aromatic nitrogens is 24. The van der Waals surface area contributed by atoms with Crippen molar-refractivity contribution in [3.8, 4) is 0 Å². The molecule has 0 aliphatic heterocycles. The summed E-state index contributed by atoms with van der Waals surface area (Å²) in [4.78, 5) is 0. The molecule has 0 N–H and O–H groups in total. The van der Waals surface area contributed by atoms with Gasteiger partial charge in [-0.15, -0.1) is 0 Å². The molecule has 0 saturated carbocycles. The summed E-state index contributed by atoms with van der Waals surface area (Å²) in [5.74, 6) is 0. The van der Waals surface area contributed by atoms with E-state index in [-0.39, 0.29) is 228 Å². The second-order valence-corrected chi connectivity index (χ2v) is 20.5. The third kappa shape index (κ3) is 58.6. The number of hydrogen-bond donors (Lipinski definition) is 0. The van der Waals surface area contributed by atoms with Gasteiger partial charge in [0.15, 0.2) is 0 Å². The maximum atomic E-state index is 11.7. The van der Waals surface area contributed by atoms with E-state index in [0.717, 1.165) is 0 Å². The van der Waals surface area contributed by atoms with Gasteiger partial charge in [-0.1, -0.05) is 0 Å². The van der Waals surface area contributed by atoms with Gasteiger partial charge in [0.05, 0.1) is 0 Å². The Morgan fingerprint density at radius 3 is 0.228 bits per heavy atom. The van der Waals surface area contributed by atoms with Gasteiger partial charge in [0.25, 0.3) is 0 Å². The van der Waals surface area contributed by atoms with Gasteiger partial charge in [-0.05, 0) is 143 Å². The molecule has 792 valence electrons. The monoisotopic (exact) mass is 2800 g/mol. The summed E-state index contributed by atoms with van der Waals surface area (Å²) in [6.45, 7) is 0. The van der Waals surface area contributed by atoms with Crippen LogP contribution in [0, 0.1) is 0 Å². The maximum Gasteiger partial charge on any atom is 1.00 e. The van der Waals surface area contributed by atoms with Crippen LogP contribution in [0.3, 0.4) is 0 Å². The van der Waals surface area contributed by atoms with E-state index in [0.29, 0.717) is 0 Å². The summed E-state index contributed by atoms with van der Waals surface area (Å²) in [6.07, 6.45) is -65.2. The van der Waals surface area contributed by atoms with Crippen LogP contribution >= 0.6 is 0 Å². The zero-order valence-electron chi connectivity index (χ0n) is 61.1. The molecule has 0 fully saturated rings. The normalized spacial score (nSPS) is 11.6. The number of rotatable bonds is 0. The Hall–Kier alpha value is -7.44. The zero-order valence-corrected chi connectivity index (χ0v) is 73.0. The Bertz CT molecular complexity index is 3830. The first-order valence-corrected chi connectivity index (χ1v) is 29.7. The van der Waals surface area contributed by atoms with Crippen LogP contribution < -0.4 is 40.8 Å². The molecule has 0 amide bonds. The fourth-order valence-electron chi connectivity index (χ4n) is 5.59. The summed E-state index contributed by atoms with van der Waals surface area (Å²) in [5.41, 5.74) is -26.2. The molecule has 0 atom stereocenters. The van der Waals surface area contributed by atoms with Crippen LogP contribution in [0.4, 0.5) is 211 Å². The number of halogens is 48. The van der Waals surface area contributed by atoms with E-state index in [4.69, 9.17) is 0 Å². The molecule has 0 aliphatic rings. The fraction of sp³-hybridized carbons (Fsp3) is 0.286. The topological polar surface area (TPSA) is 319 Å². The molecule has 0 saturated heterocycles. The molecule has 0 radical (unpaired) electrons. The average molecular weight is 2810 g/mol. The predicted molar refractivity (Wildman–Crippen MR) is 309 cm³/mol. The van der Waals surface area contributed by atoms with Crippen molar-refractivity contribution in [3.05, 3.63) is 238 Å². The van der Waals surface area contributed by atoms with Crippen molar-refractivity contribution in [2.45, 2.75) is 98.8 Å². The van der Waals surface area contributed by atoms with Gasteiger partial charge in [0, 0.05) is 49.6 Å². The van der Waals surface area contributed by atoms with E-state index in [9.17, 15) is 211 Å². The molecule has 136 heavy (non-hydrogen) atoms. The quantitative estimate of drug-likeness (QED) is 0.101. The van der Waals surface area contributed by atoms with Gasteiger partial charge in [0.1, 0.15) is 45.6 Å². The predicted octanol–water partition coefficient (Wildman–Crippen LogP) is 18.5. The molecule has 0 aliphatic carbocycles. The number of alkyl halides is 48. The minimum Gasteiger partial charge on any atom is -0.571 e. The third-order valence-corrected chi connectivity index (χ3v) is 10.9.